The number of hydrogen-bond donors (Lipinski definition) is 1. The van der Waals surface area contributed by atoms with Crippen molar-refractivity contribution in [3.05, 3.63) is 0 Å². The van der Waals surface area contributed by atoms with E-state index in [1.54, 1.807) is 0 Å². The number of rotatable bonds is 3. The Bertz CT molecular complexity index is 304. The number of nitrogens with one attached hydrogen (secondary N) is 1. The molecule has 21 heavy (non-hydrogen) atoms. The Morgan fingerprint density at radius 3 is 2.19 bits per heavy atom. The van der Waals surface area contributed by atoms with Crippen LogP contribution in [0.1, 0.15) is 52.4 Å². The van der Waals surface area contributed by atoms with Crippen molar-refractivity contribution < 1.29 is 0 Å². The maximum absolute atomic E-state index is 3.51. The molecule has 1 unspecified atom stereocenters. The van der Waals surface area contributed by atoms with E-state index < -0.39 is 0 Å². The molecule has 0 aliphatic carbocycles. The molecule has 0 saturated carbocycles. The van der Waals surface area contributed by atoms with Crippen LogP contribution in [0.15, 0.2) is 0 Å². The highest BCUT2D eigenvalue weighted by Crippen LogP contribution is 2.28. The second-order valence-corrected chi connectivity index (χ2v) is 7.89. The molecular weight excluding hydrogens is 258 g/mol. The van der Waals surface area contributed by atoms with E-state index in [0.29, 0.717) is 0 Å². The lowest BCUT2D eigenvalue weighted by Gasteiger charge is -2.46. The molecule has 122 valence electrons. The van der Waals surface area contributed by atoms with Crippen molar-refractivity contribution in [2.45, 2.75) is 64.5 Å². The van der Waals surface area contributed by atoms with Crippen LogP contribution in [-0.2, 0) is 0 Å². The molecule has 3 saturated heterocycles. The minimum absolute atomic E-state index is 0.849. The molecule has 0 bridgehead atoms. The van der Waals surface area contributed by atoms with Crippen LogP contribution in [-0.4, -0.2) is 61.2 Å². The van der Waals surface area contributed by atoms with E-state index in [9.17, 15) is 0 Å². The second-order valence-electron chi connectivity index (χ2n) is 7.89. The summed E-state index contributed by atoms with van der Waals surface area (Å²) in [4.78, 5) is 5.65. The number of hydrogen-bond acceptors (Lipinski definition) is 3. The molecule has 0 aromatic rings. The van der Waals surface area contributed by atoms with Crippen LogP contribution >= 0.6 is 0 Å². The van der Waals surface area contributed by atoms with Crippen LogP contribution in [0.2, 0.25) is 0 Å². The highest BCUT2D eigenvalue weighted by molar-refractivity contribution is 4.88. The van der Waals surface area contributed by atoms with Crippen LogP contribution in [0.25, 0.3) is 0 Å². The molecule has 3 aliphatic rings. The number of piperidine rings is 3. The van der Waals surface area contributed by atoms with Gasteiger partial charge in [0.1, 0.15) is 0 Å². The van der Waals surface area contributed by atoms with E-state index in [4.69, 9.17) is 0 Å². The Hall–Kier alpha value is -0.120. The Balaban J connectivity index is 1.49. The topological polar surface area (TPSA) is 18.5 Å². The first-order valence-electron chi connectivity index (χ1n) is 9.43. The first-order chi connectivity index (χ1) is 10.2. The fourth-order valence-corrected chi connectivity index (χ4v) is 4.74. The molecule has 3 fully saturated rings. The molecule has 0 aromatic carbocycles. The zero-order valence-corrected chi connectivity index (χ0v) is 14.2. The summed E-state index contributed by atoms with van der Waals surface area (Å²) in [7, 11) is 0. The predicted molar refractivity (Wildman–Crippen MR) is 89.6 cm³/mol. The summed E-state index contributed by atoms with van der Waals surface area (Å²) in [6.45, 7) is 12.7. The first-order valence-corrected chi connectivity index (χ1v) is 9.43. The summed E-state index contributed by atoms with van der Waals surface area (Å²) in [5.41, 5.74) is 0. The monoisotopic (exact) mass is 293 g/mol. The molecule has 3 heteroatoms. The molecule has 3 rings (SSSR count). The first kappa shape index (κ1) is 15.8. The third-order valence-electron chi connectivity index (χ3n) is 6.29. The van der Waals surface area contributed by atoms with Crippen molar-refractivity contribution in [3.8, 4) is 0 Å². The maximum Gasteiger partial charge on any atom is 0.0223 e. The van der Waals surface area contributed by atoms with E-state index >= 15 is 0 Å². The Kier molecular flexibility index (Phi) is 5.58. The van der Waals surface area contributed by atoms with Gasteiger partial charge in [-0.2, -0.15) is 0 Å². The molecule has 0 amide bonds. The standard InChI is InChI=1S/C18H35N3/c1-15(2)16-7-12-20(13-8-16)18-4-3-11-21(14-18)17-5-9-19-10-6-17/h15-19H,3-14H2,1-2H3. The van der Waals surface area contributed by atoms with Gasteiger partial charge in [0.25, 0.3) is 0 Å². The molecule has 3 aliphatic heterocycles. The minimum Gasteiger partial charge on any atom is -0.317 e. The summed E-state index contributed by atoms with van der Waals surface area (Å²) in [5.74, 6) is 1.86. The minimum atomic E-state index is 0.849. The van der Waals surface area contributed by atoms with Gasteiger partial charge in [0.05, 0.1) is 0 Å². The molecule has 0 aromatic heterocycles. The molecule has 0 radical (unpaired) electrons. The Morgan fingerprint density at radius 1 is 0.810 bits per heavy atom. The molecule has 0 spiro atoms. The Labute approximate surface area is 131 Å². The van der Waals surface area contributed by atoms with Gasteiger partial charge in [-0.15, -0.1) is 0 Å². The predicted octanol–water partition coefficient (Wildman–Crippen LogP) is 2.57. The van der Waals surface area contributed by atoms with Gasteiger partial charge in [-0.25, -0.2) is 0 Å². The quantitative estimate of drug-likeness (QED) is 0.863. The molecular formula is C18H35N3. The lowest BCUT2D eigenvalue weighted by molar-refractivity contribution is 0.0379. The zero-order chi connectivity index (χ0) is 14.7. The van der Waals surface area contributed by atoms with E-state index in [-0.39, 0.29) is 0 Å². The third kappa shape index (κ3) is 4.00. The molecule has 3 nitrogen and oxygen atoms in total. The lowest BCUT2D eigenvalue weighted by Crippen LogP contribution is -2.54. The third-order valence-corrected chi connectivity index (χ3v) is 6.29. The highest BCUT2D eigenvalue weighted by atomic mass is 15.3. The summed E-state index contributed by atoms with van der Waals surface area (Å²) < 4.78 is 0. The van der Waals surface area contributed by atoms with Crippen LogP contribution < -0.4 is 5.32 Å². The van der Waals surface area contributed by atoms with Gasteiger partial charge in [-0.05, 0) is 83.1 Å². The van der Waals surface area contributed by atoms with E-state index in [1.165, 1.54) is 77.8 Å². The SMILES string of the molecule is CC(C)C1CCN(C2CCCN(C3CCNCC3)C2)CC1. The molecule has 1 atom stereocenters. The van der Waals surface area contributed by atoms with Gasteiger partial charge >= 0.3 is 0 Å². The highest BCUT2D eigenvalue weighted by Gasteiger charge is 2.32. The van der Waals surface area contributed by atoms with Gasteiger partial charge in [0, 0.05) is 18.6 Å². The average molecular weight is 293 g/mol. The number of likely N-dealkylation sites (tertiary alicyclic amines) is 2. The zero-order valence-electron chi connectivity index (χ0n) is 14.2. The number of nitrogens with zero attached hydrogens (tertiary/aromatic N) is 2. The smallest absolute Gasteiger partial charge is 0.0223 e. The van der Waals surface area contributed by atoms with Crippen molar-refractivity contribution in [2.24, 2.45) is 11.8 Å². The largest absolute Gasteiger partial charge is 0.317 e. The lowest BCUT2D eigenvalue weighted by atomic mass is 9.85. The van der Waals surface area contributed by atoms with Crippen molar-refractivity contribution in [3.63, 3.8) is 0 Å². The van der Waals surface area contributed by atoms with Crippen molar-refractivity contribution >= 4 is 0 Å². The van der Waals surface area contributed by atoms with Crippen LogP contribution in [0.3, 0.4) is 0 Å². The van der Waals surface area contributed by atoms with Crippen LogP contribution in [0, 0.1) is 11.8 Å². The van der Waals surface area contributed by atoms with E-state index in [0.717, 1.165) is 23.9 Å². The Morgan fingerprint density at radius 2 is 1.52 bits per heavy atom. The molecule has 1 N–H and O–H groups in total. The molecule has 3 heterocycles. The van der Waals surface area contributed by atoms with Crippen LogP contribution in [0.5, 0.6) is 0 Å². The second kappa shape index (κ2) is 7.43. The van der Waals surface area contributed by atoms with Gasteiger partial charge in [0.2, 0.25) is 0 Å². The van der Waals surface area contributed by atoms with E-state index in [2.05, 4.69) is 29.0 Å². The average Bonchev–Trinajstić information content (AvgIpc) is 2.56. The van der Waals surface area contributed by atoms with Crippen LogP contribution in [0.4, 0.5) is 0 Å². The summed E-state index contributed by atoms with van der Waals surface area (Å²) >= 11 is 0. The van der Waals surface area contributed by atoms with Gasteiger partial charge < -0.3 is 5.32 Å². The van der Waals surface area contributed by atoms with Gasteiger partial charge in [0.15, 0.2) is 0 Å². The summed E-state index contributed by atoms with van der Waals surface area (Å²) in [6, 6.07) is 1.71. The fourth-order valence-electron chi connectivity index (χ4n) is 4.74. The summed E-state index contributed by atoms with van der Waals surface area (Å²) in [6.07, 6.45) is 8.44. The summed E-state index contributed by atoms with van der Waals surface area (Å²) in [5, 5.41) is 3.51. The normalized spacial score (nSPS) is 31.9. The van der Waals surface area contributed by atoms with Crippen molar-refractivity contribution in [1.29, 1.82) is 0 Å². The van der Waals surface area contributed by atoms with Crippen molar-refractivity contribution in [1.82, 2.24) is 15.1 Å². The van der Waals surface area contributed by atoms with Gasteiger partial charge in [-0.1, -0.05) is 13.8 Å². The van der Waals surface area contributed by atoms with Crippen molar-refractivity contribution in [2.75, 3.05) is 39.3 Å². The van der Waals surface area contributed by atoms with Gasteiger partial charge in [-0.3, -0.25) is 9.80 Å². The fraction of sp³-hybridized carbons (Fsp3) is 1.00. The van der Waals surface area contributed by atoms with E-state index in [1.807, 2.05) is 0 Å². The maximum atomic E-state index is 3.51.